The minimum absolute atomic E-state index is 0. The van der Waals surface area contributed by atoms with Crippen molar-refractivity contribution in [2.24, 2.45) is 0 Å². The molecule has 0 aliphatic carbocycles. The van der Waals surface area contributed by atoms with Crippen LogP contribution >= 0.6 is 0 Å². The SMILES string of the molecule is CC(O)[C@H](O)[C@@H](O)C(O)C(S(=O)[O-])S(=O)[O-].[Rb+].[Rb+]. The molecule has 0 aromatic rings. The topological polar surface area (TPSA) is 161 Å². The summed E-state index contributed by atoms with van der Waals surface area (Å²) in [6, 6.07) is 0. The van der Waals surface area contributed by atoms with Gasteiger partial charge in [-0.15, -0.1) is 0 Å². The molecule has 6 atom stereocenters. The fourth-order valence-electron chi connectivity index (χ4n) is 0.940. The van der Waals surface area contributed by atoms with Crippen LogP contribution in [-0.4, -0.2) is 66.9 Å². The van der Waals surface area contributed by atoms with E-state index in [9.17, 15) is 27.7 Å². The van der Waals surface area contributed by atoms with Gasteiger partial charge in [0.05, 0.1) is 6.10 Å². The smallest absolute Gasteiger partial charge is 0.771 e. The molecule has 0 amide bonds. The van der Waals surface area contributed by atoms with Crippen LogP contribution in [0.25, 0.3) is 0 Å². The first-order chi connectivity index (χ1) is 7.20. The average molecular weight is 447 g/mol. The van der Waals surface area contributed by atoms with Crippen molar-refractivity contribution in [1.82, 2.24) is 0 Å². The fraction of sp³-hybridized carbons (Fsp3) is 1.00. The maximum atomic E-state index is 10.5. The quantitative estimate of drug-likeness (QED) is 0.292. The van der Waals surface area contributed by atoms with Crippen molar-refractivity contribution in [1.29, 1.82) is 0 Å². The Bertz CT molecular complexity index is 264. The minimum Gasteiger partial charge on any atom is -0.771 e. The Morgan fingerprint density at radius 1 is 0.833 bits per heavy atom. The molecular weight excluding hydrogens is 435 g/mol. The maximum absolute atomic E-state index is 10.5. The Balaban J connectivity index is -0.00000112. The molecular formula is C6H12O8Rb2S2. The molecule has 0 saturated heterocycles. The van der Waals surface area contributed by atoms with Crippen molar-refractivity contribution in [2.75, 3.05) is 0 Å². The minimum atomic E-state index is -3.18. The van der Waals surface area contributed by atoms with Crippen molar-refractivity contribution in [3.63, 3.8) is 0 Å². The third kappa shape index (κ3) is 8.96. The fourth-order valence-corrected chi connectivity index (χ4v) is 2.23. The summed E-state index contributed by atoms with van der Waals surface area (Å²) >= 11 is -6.36. The molecule has 0 aliphatic heterocycles. The van der Waals surface area contributed by atoms with Gasteiger partial charge in [-0.1, -0.05) is 0 Å². The van der Waals surface area contributed by atoms with Crippen molar-refractivity contribution in [3.8, 4) is 0 Å². The summed E-state index contributed by atoms with van der Waals surface area (Å²) in [5, 5.41) is 36.4. The van der Waals surface area contributed by atoms with E-state index in [0.717, 1.165) is 6.92 Å². The molecule has 8 nitrogen and oxygen atoms in total. The zero-order valence-corrected chi connectivity index (χ0v) is 21.6. The molecule has 0 aromatic heterocycles. The molecule has 0 aromatic carbocycles. The van der Waals surface area contributed by atoms with E-state index in [0.29, 0.717) is 0 Å². The van der Waals surface area contributed by atoms with Crippen LogP contribution in [0, 0.1) is 0 Å². The Kier molecular flexibility index (Phi) is 19.4. The van der Waals surface area contributed by atoms with Crippen LogP contribution in [0.2, 0.25) is 0 Å². The molecule has 0 bridgehead atoms. The molecule has 0 heterocycles. The van der Waals surface area contributed by atoms with Gasteiger partial charge in [-0.2, -0.15) is 0 Å². The number of hydrogen-bond donors (Lipinski definition) is 4. The van der Waals surface area contributed by atoms with Gasteiger partial charge in [0.1, 0.15) is 22.9 Å². The van der Waals surface area contributed by atoms with Gasteiger partial charge in [-0.05, 0) is 29.1 Å². The molecule has 0 fully saturated rings. The van der Waals surface area contributed by atoms with Crippen LogP contribution in [0.15, 0.2) is 0 Å². The van der Waals surface area contributed by atoms with Gasteiger partial charge in [0.2, 0.25) is 0 Å². The van der Waals surface area contributed by atoms with E-state index in [2.05, 4.69) is 0 Å². The second-order valence-corrected chi connectivity index (χ2v) is 5.46. The maximum Gasteiger partial charge on any atom is 1.00 e. The third-order valence-corrected chi connectivity index (χ3v) is 4.11. The van der Waals surface area contributed by atoms with Crippen molar-refractivity contribution in [2.45, 2.75) is 35.9 Å². The summed E-state index contributed by atoms with van der Waals surface area (Å²) in [7, 11) is 0. The molecule has 12 heteroatoms. The summed E-state index contributed by atoms with van der Waals surface area (Å²) in [6.45, 7) is 1.08. The summed E-state index contributed by atoms with van der Waals surface area (Å²) < 4.78 is 39.6. The first-order valence-corrected chi connectivity index (χ1v) is 6.36. The van der Waals surface area contributed by atoms with Crippen LogP contribution in [-0.2, 0) is 22.2 Å². The standard InChI is InChI=1S/C6H14O8S2.2Rb/c1-2(7)3(8)4(9)5(10)6(15(11)12)16(13)14;;/h2-10H,1H3,(H,11,12)(H,13,14);;/q;2*+1/p-2/t2?,3-,4+,5?;;/m0../s1. The third-order valence-electron chi connectivity index (χ3n) is 1.85. The molecule has 4 unspecified atom stereocenters. The summed E-state index contributed by atoms with van der Waals surface area (Å²) in [6.07, 6.45) is -7.66. The van der Waals surface area contributed by atoms with E-state index >= 15 is 0 Å². The summed E-state index contributed by atoms with van der Waals surface area (Å²) in [5.74, 6) is 0. The monoisotopic (exact) mass is 446 g/mol. The van der Waals surface area contributed by atoms with Gasteiger partial charge in [0, 0.05) is 0 Å². The zero-order chi connectivity index (χ0) is 13.0. The van der Waals surface area contributed by atoms with Crippen LogP contribution in [0.1, 0.15) is 6.92 Å². The van der Waals surface area contributed by atoms with Gasteiger partial charge < -0.3 is 29.5 Å². The molecule has 0 radical (unpaired) electrons. The van der Waals surface area contributed by atoms with E-state index < -0.39 is 51.2 Å². The predicted octanol–water partition coefficient (Wildman–Crippen LogP) is -9.46. The first kappa shape index (κ1) is 26.6. The Morgan fingerprint density at radius 3 is 1.39 bits per heavy atom. The molecule has 0 spiro atoms. The van der Waals surface area contributed by atoms with E-state index in [4.69, 9.17) is 10.2 Å². The number of aliphatic hydroxyl groups excluding tert-OH is 4. The molecule has 0 rings (SSSR count). The second-order valence-electron chi connectivity index (χ2n) is 3.10. The molecule has 4 N–H and O–H groups in total. The predicted molar refractivity (Wildman–Crippen MR) is 51.3 cm³/mol. The Hall–Kier alpha value is 3.67. The number of aliphatic hydroxyl groups is 4. The van der Waals surface area contributed by atoms with Gasteiger partial charge in [0.25, 0.3) is 0 Å². The van der Waals surface area contributed by atoms with Crippen molar-refractivity contribution in [3.05, 3.63) is 0 Å². The first-order valence-electron chi connectivity index (χ1n) is 4.08. The van der Waals surface area contributed by atoms with Crippen molar-refractivity contribution >= 4 is 22.2 Å². The van der Waals surface area contributed by atoms with Crippen LogP contribution in [0.4, 0.5) is 0 Å². The van der Waals surface area contributed by atoms with Crippen LogP contribution in [0.3, 0.4) is 0 Å². The number of hydrogen-bond acceptors (Lipinski definition) is 8. The van der Waals surface area contributed by atoms with E-state index in [1.54, 1.807) is 0 Å². The Labute approximate surface area is 207 Å². The van der Waals surface area contributed by atoms with Gasteiger partial charge in [0.15, 0.2) is 0 Å². The molecule has 18 heavy (non-hydrogen) atoms. The van der Waals surface area contributed by atoms with E-state index in [1.807, 2.05) is 0 Å². The van der Waals surface area contributed by atoms with Crippen LogP contribution in [0.5, 0.6) is 0 Å². The van der Waals surface area contributed by atoms with E-state index in [1.165, 1.54) is 0 Å². The molecule has 0 aliphatic rings. The zero-order valence-electron chi connectivity index (χ0n) is 10.1. The molecule has 0 saturated carbocycles. The Morgan fingerprint density at radius 2 is 1.17 bits per heavy atom. The molecule has 98 valence electrons. The van der Waals surface area contributed by atoms with Crippen LogP contribution < -0.4 is 116 Å². The van der Waals surface area contributed by atoms with Gasteiger partial charge in [-0.3, -0.25) is 8.42 Å². The normalized spacial score (nSPS) is 22.4. The average Bonchev–Trinajstić information content (AvgIpc) is 2.13. The van der Waals surface area contributed by atoms with Gasteiger partial charge >= 0.3 is 116 Å². The van der Waals surface area contributed by atoms with Gasteiger partial charge in [-0.25, -0.2) is 0 Å². The largest absolute Gasteiger partial charge is 1.00 e. The van der Waals surface area contributed by atoms with E-state index in [-0.39, 0.29) is 116 Å². The summed E-state index contributed by atoms with van der Waals surface area (Å²) in [4.78, 5) is 0. The second kappa shape index (κ2) is 13.1. The summed E-state index contributed by atoms with van der Waals surface area (Å²) in [5.41, 5.74) is 0. The number of rotatable bonds is 6. The van der Waals surface area contributed by atoms with Crippen molar-refractivity contribution < 1.29 is 154 Å².